The molecule has 120 valence electrons. The van der Waals surface area contributed by atoms with Gasteiger partial charge in [-0.25, -0.2) is 0 Å². The molecule has 3 rings (SSSR count). The van der Waals surface area contributed by atoms with E-state index in [0.29, 0.717) is 0 Å². The van der Waals surface area contributed by atoms with Gasteiger partial charge in [0.15, 0.2) is 0 Å². The van der Waals surface area contributed by atoms with Crippen LogP contribution in [0, 0.1) is 0 Å². The number of amides is 1. The number of hydrogen-bond acceptors (Lipinski definition) is 3. The Morgan fingerprint density at radius 1 is 1.17 bits per heavy atom. The van der Waals surface area contributed by atoms with Crippen LogP contribution in [0.25, 0.3) is 0 Å². The van der Waals surface area contributed by atoms with Crippen molar-refractivity contribution < 1.29 is 9.53 Å². The average Bonchev–Trinajstić information content (AvgIpc) is 2.55. The van der Waals surface area contributed by atoms with Crippen molar-refractivity contribution in [2.24, 2.45) is 0 Å². The molecule has 0 aliphatic heterocycles. The second-order valence-electron chi connectivity index (χ2n) is 5.78. The van der Waals surface area contributed by atoms with Crippen molar-refractivity contribution >= 4 is 17.7 Å². The van der Waals surface area contributed by atoms with E-state index in [4.69, 9.17) is 4.74 Å². The van der Waals surface area contributed by atoms with E-state index in [9.17, 15) is 4.79 Å². The number of ether oxygens (including phenoxy) is 1. The molecule has 0 saturated heterocycles. The monoisotopic (exact) mass is 327 g/mol. The van der Waals surface area contributed by atoms with E-state index < -0.39 is 0 Å². The van der Waals surface area contributed by atoms with Gasteiger partial charge in [0.05, 0.1) is 7.11 Å². The molecule has 1 aliphatic rings. The summed E-state index contributed by atoms with van der Waals surface area (Å²) >= 11 is 1.79. The summed E-state index contributed by atoms with van der Waals surface area (Å²) in [7, 11) is 1.71. The van der Waals surface area contributed by atoms with Crippen molar-refractivity contribution in [3.8, 4) is 5.75 Å². The van der Waals surface area contributed by atoms with Gasteiger partial charge in [-0.3, -0.25) is 4.79 Å². The normalized spacial score (nSPS) is 16.5. The maximum atomic E-state index is 11.3. The van der Waals surface area contributed by atoms with Crippen LogP contribution in [-0.4, -0.2) is 19.1 Å². The first-order valence-electron chi connectivity index (χ1n) is 7.86. The van der Waals surface area contributed by atoms with E-state index in [1.54, 1.807) is 25.8 Å². The molecule has 1 atom stereocenters. The van der Waals surface area contributed by atoms with Crippen LogP contribution in [-0.2, 0) is 17.6 Å². The summed E-state index contributed by atoms with van der Waals surface area (Å²) in [5.41, 5.74) is 2.60. The number of rotatable bonds is 4. The quantitative estimate of drug-likeness (QED) is 0.927. The second-order valence-corrected chi connectivity index (χ2v) is 6.89. The summed E-state index contributed by atoms with van der Waals surface area (Å²) in [5.74, 6) is 0.958. The molecular formula is C19H21NO2S. The lowest BCUT2D eigenvalue weighted by molar-refractivity contribution is -0.119. The number of nitrogens with one attached hydrogen (secondary N) is 1. The van der Waals surface area contributed by atoms with Gasteiger partial charge in [-0.2, -0.15) is 0 Å². The van der Waals surface area contributed by atoms with Crippen molar-refractivity contribution in [1.29, 1.82) is 0 Å². The van der Waals surface area contributed by atoms with Gasteiger partial charge in [-0.15, -0.1) is 0 Å². The Labute approximate surface area is 141 Å². The van der Waals surface area contributed by atoms with Gasteiger partial charge in [0, 0.05) is 28.3 Å². The highest BCUT2D eigenvalue weighted by molar-refractivity contribution is 7.99. The Kier molecular flexibility index (Phi) is 4.91. The molecule has 0 spiro atoms. The van der Waals surface area contributed by atoms with E-state index >= 15 is 0 Å². The van der Waals surface area contributed by atoms with E-state index in [-0.39, 0.29) is 11.9 Å². The Morgan fingerprint density at radius 3 is 2.65 bits per heavy atom. The van der Waals surface area contributed by atoms with Crippen molar-refractivity contribution in [2.75, 3.05) is 7.11 Å². The number of carbonyl (C=O) groups excluding carboxylic acids is 1. The predicted octanol–water partition coefficient (Wildman–Crippen LogP) is 3.84. The standard InChI is InChI=1S/C19H21NO2S/c1-13(21)20-14-8-9-16-17(12-14)18(22-2)10-11-19(16)23-15-6-4-3-5-7-15/h3-7,10-11,14H,8-9,12H2,1-2H3,(H,20,21)/t14-/m0/s1. The van der Waals surface area contributed by atoms with Gasteiger partial charge in [0.25, 0.3) is 0 Å². The van der Waals surface area contributed by atoms with Crippen LogP contribution in [0.2, 0.25) is 0 Å². The van der Waals surface area contributed by atoms with Crippen molar-refractivity contribution in [1.82, 2.24) is 5.32 Å². The fraction of sp³-hybridized carbons (Fsp3) is 0.316. The summed E-state index contributed by atoms with van der Waals surface area (Å²) in [6, 6.07) is 14.8. The molecule has 0 radical (unpaired) electrons. The maximum Gasteiger partial charge on any atom is 0.217 e. The third kappa shape index (κ3) is 3.70. The fourth-order valence-electron chi connectivity index (χ4n) is 3.13. The molecule has 0 fully saturated rings. The summed E-state index contributed by atoms with van der Waals surface area (Å²) < 4.78 is 5.55. The highest BCUT2D eigenvalue weighted by Gasteiger charge is 2.24. The third-order valence-electron chi connectivity index (χ3n) is 4.14. The number of fused-ring (bicyclic) bond motifs is 1. The minimum Gasteiger partial charge on any atom is -0.496 e. The number of methoxy groups -OCH3 is 1. The number of carbonyl (C=O) groups is 1. The highest BCUT2D eigenvalue weighted by atomic mass is 32.2. The topological polar surface area (TPSA) is 38.3 Å². The lowest BCUT2D eigenvalue weighted by atomic mass is 9.87. The van der Waals surface area contributed by atoms with Gasteiger partial charge >= 0.3 is 0 Å². The molecule has 0 saturated carbocycles. The minimum atomic E-state index is 0.0345. The molecule has 1 aliphatic carbocycles. The van der Waals surface area contributed by atoms with Crippen LogP contribution in [0.15, 0.2) is 52.3 Å². The van der Waals surface area contributed by atoms with Crippen molar-refractivity contribution in [3.63, 3.8) is 0 Å². The largest absolute Gasteiger partial charge is 0.496 e. The lowest BCUT2D eigenvalue weighted by Gasteiger charge is -2.28. The first kappa shape index (κ1) is 15.9. The molecule has 3 nitrogen and oxygen atoms in total. The van der Waals surface area contributed by atoms with Crippen LogP contribution in [0.4, 0.5) is 0 Å². The van der Waals surface area contributed by atoms with E-state index in [2.05, 4.69) is 35.6 Å². The first-order chi connectivity index (χ1) is 11.2. The zero-order valence-corrected chi connectivity index (χ0v) is 14.3. The van der Waals surface area contributed by atoms with E-state index in [1.807, 2.05) is 12.1 Å². The molecule has 23 heavy (non-hydrogen) atoms. The molecule has 1 N–H and O–H groups in total. The Balaban J connectivity index is 1.91. The molecule has 2 aromatic rings. The Morgan fingerprint density at radius 2 is 1.96 bits per heavy atom. The molecule has 0 unspecified atom stereocenters. The van der Waals surface area contributed by atoms with Crippen LogP contribution in [0.1, 0.15) is 24.5 Å². The van der Waals surface area contributed by atoms with Gasteiger partial charge in [0.1, 0.15) is 5.75 Å². The summed E-state index contributed by atoms with van der Waals surface area (Å²) in [5, 5.41) is 3.04. The maximum absolute atomic E-state index is 11.3. The summed E-state index contributed by atoms with van der Waals surface area (Å²) in [6.07, 6.45) is 2.77. The second kappa shape index (κ2) is 7.09. The minimum absolute atomic E-state index is 0.0345. The highest BCUT2D eigenvalue weighted by Crippen LogP contribution is 2.39. The first-order valence-corrected chi connectivity index (χ1v) is 8.67. The Bertz CT molecular complexity index is 700. The molecular weight excluding hydrogens is 306 g/mol. The molecule has 4 heteroatoms. The van der Waals surface area contributed by atoms with Gasteiger partial charge in [-0.1, -0.05) is 30.0 Å². The summed E-state index contributed by atoms with van der Waals surface area (Å²) in [6.45, 7) is 1.58. The van der Waals surface area contributed by atoms with Crippen molar-refractivity contribution in [2.45, 2.75) is 42.0 Å². The SMILES string of the molecule is COc1ccc(Sc2ccccc2)c2c1C[C@@H](NC(C)=O)CC2. The van der Waals surface area contributed by atoms with Crippen LogP contribution >= 0.6 is 11.8 Å². The molecule has 0 aromatic heterocycles. The molecule has 0 bridgehead atoms. The third-order valence-corrected chi connectivity index (χ3v) is 5.25. The summed E-state index contributed by atoms with van der Waals surface area (Å²) in [4.78, 5) is 13.9. The Hall–Kier alpha value is -1.94. The zero-order chi connectivity index (χ0) is 16.2. The zero-order valence-electron chi connectivity index (χ0n) is 13.5. The smallest absolute Gasteiger partial charge is 0.217 e. The lowest BCUT2D eigenvalue weighted by Crippen LogP contribution is -2.37. The van der Waals surface area contributed by atoms with Gasteiger partial charge < -0.3 is 10.1 Å². The average molecular weight is 327 g/mol. The van der Waals surface area contributed by atoms with Crippen LogP contribution in [0.3, 0.4) is 0 Å². The van der Waals surface area contributed by atoms with Crippen molar-refractivity contribution in [3.05, 3.63) is 53.6 Å². The van der Waals surface area contributed by atoms with E-state index in [1.165, 1.54) is 20.9 Å². The predicted molar refractivity (Wildman–Crippen MR) is 93.2 cm³/mol. The number of benzene rings is 2. The molecule has 2 aromatic carbocycles. The fourth-order valence-corrected chi connectivity index (χ4v) is 4.16. The van der Waals surface area contributed by atoms with E-state index in [0.717, 1.165) is 25.0 Å². The van der Waals surface area contributed by atoms with Gasteiger partial charge in [-0.05, 0) is 49.1 Å². The van der Waals surface area contributed by atoms with Gasteiger partial charge in [0.2, 0.25) is 5.91 Å². The van der Waals surface area contributed by atoms with Crippen LogP contribution < -0.4 is 10.1 Å². The molecule has 1 amide bonds. The number of hydrogen-bond donors (Lipinski definition) is 1. The van der Waals surface area contributed by atoms with Crippen LogP contribution in [0.5, 0.6) is 5.75 Å². The molecule has 0 heterocycles.